The minimum Gasteiger partial charge on any atom is -0.326 e. The van der Waals surface area contributed by atoms with Gasteiger partial charge in [-0.15, -0.1) is 0 Å². The van der Waals surface area contributed by atoms with E-state index in [1.54, 1.807) is 6.07 Å². The van der Waals surface area contributed by atoms with Crippen LogP contribution in [0.1, 0.15) is 12.8 Å². The molecule has 1 heterocycles. The Labute approximate surface area is 138 Å². The van der Waals surface area contributed by atoms with Gasteiger partial charge in [-0.05, 0) is 44.1 Å². The lowest BCUT2D eigenvalue weighted by Crippen LogP contribution is -2.42. The van der Waals surface area contributed by atoms with Crippen LogP contribution >= 0.6 is 0 Å². The van der Waals surface area contributed by atoms with Crippen molar-refractivity contribution in [2.75, 3.05) is 31.2 Å². The second-order valence-corrected chi connectivity index (χ2v) is 7.97. The molecule has 0 radical (unpaired) electrons. The number of halogens is 3. The number of anilines is 1. The van der Waals surface area contributed by atoms with Crippen LogP contribution in [0.2, 0.25) is 0 Å². The molecule has 0 aromatic heterocycles. The summed E-state index contributed by atoms with van der Waals surface area (Å²) in [5, 5.41) is 2.64. The van der Waals surface area contributed by atoms with Crippen molar-refractivity contribution in [3.8, 4) is 0 Å². The van der Waals surface area contributed by atoms with Crippen LogP contribution in [-0.2, 0) is 14.6 Å². The molecule has 0 saturated carbocycles. The number of hydrogen-bond acceptors (Lipinski definition) is 4. The minimum absolute atomic E-state index is 0.0975. The lowest BCUT2D eigenvalue weighted by molar-refractivity contribution is -0.149. The summed E-state index contributed by atoms with van der Waals surface area (Å²) in [5.41, 5.74) is 0.362. The number of piperidine rings is 1. The van der Waals surface area contributed by atoms with Gasteiger partial charge in [0.1, 0.15) is 0 Å². The van der Waals surface area contributed by atoms with Gasteiger partial charge in [0, 0.05) is 17.9 Å². The molecule has 0 unspecified atom stereocenters. The predicted molar refractivity (Wildman–Crippen MR) is 83.4 cm³/mol. The smallest absolute Gasteiger partial charge is 0.326 e. The Morgan fingerprint density at radius 2 is 1.92 bits per heavy atom. The molecule has 0 atom stereocenters. The first kappa shape index (κ1) is 18.7. The second-order valence-electron chi connectivity index (χ2n) is 5.95. The van der Waals surface area contributed by atoms with Gasteiger partial charge in [0.25, 0.3) is 0 Å². The second kappa shape index (κ2) is 7.10. The van der Waals surface area contributed by atoms with E-state index >= 15 is 0 Å². The van der Waals surface area contributed by atoms with Crippen LogP contribution in [-0.4, -0.2) is 51.3 Å². The van der Waals surface area contributed by atoms with Crippen molar-refractivity contribution in [3.63, 3.8) is 0 Å². The molecule has 1 aromatic rings. The first-order chi connectivity index (χ1) is 11.0. The highest BCUT2D eigenvalue weighted by Crippen LogP contribution is 2.24. The monoisotopic (exact) mass is 364 g/mol. The van der Waals surface area contributed by atoms with Crippen LogP contribution < -0.4 is 5.32 Å². The van der Waals surface area contributed by atoms with Gasteiger partial charge in [0.2, 0.25) is 5.91 Å². The molecule has 134 valence electrons. The van der Waals surface area contributed by atoms with Gasteiger partial charge in [-0.3, -0.25) is 9.69 Å². The van der Waals surface area contributed by atoms with E-state index in [0.717, 1.165) is 6.26 Å². The summed E-state index contributed by atoms with van der Waals surface area (Å²) < 4.78 is 60.1. The third-order valence-electron chi connectivity index (χ3n) is 3.89. The highest BCUT2D eigenvalue weighted by molar-refractivity contribution is 7.90. The molecule has 1 aliphatic heterocycles. The van der Waals surface area contributed by atoms with Gasteiger partial charge < -0.3 is 5.32 Å². The summed E-state index contributed by atoms with van der Waals surface area (Å²) >= 11 is 0. The van der Waals surface area contributed by atoms with Gasteiger partial charge in [0.05, 0.1) is 11.4 Å². The van der Waals surface area contributed by atoms with Crippen molar-refractivity contribution in [1.82, 2.24) is 4.90 Å². The molecule has 0 bridgehead atoms. The zero-order valence-electron chi connectivity index (χ0n) is 13.1. The topological polar surface area (TPSA) is 66.5 Å². The van der Waals surface area contributed by atoms with Gasteiger partial charge in [-0.2, -0.15) is 13.2 Å². The first-order valence-corrected chi connectivity index (χ1v) is 9.34. The Balaban J connectivity index is 1.93. The molecule has 24 heavy (non-hydrogen) atoms. The normalized spacial score (nSPS) is 17.7. The maximum absolute atomic E-state index is 12.3. The van der Waals surface area contributed by atoms with Crippen LogP contribution in [0.4, 0.5) is 18.9 Å². The van der Waals surface area contributed by atoms with Crippen molar-refractivity contribution in [2.45, 2.75) is 23.9 Å². The molecule has 0 spiro atoms. The van der Waals surface area contributed by atoms with E-state index in [4.69, 9.17) is 0 Å². The lowest BCUT2D eigenvalue weighted by atomic mass is 9.96. The molecular formula is C15H19F3N2O3S. The van der Waals surface area contributed by atoms with E-state index in [1.165, 1.54) is 23.1 Å². The summed E-state index contributed by atoms with van der Waals surface area (Å²) in [6.45, 7) is -0.542. The van der Waals surface area contributed by atoms with Gasteiger partial charge in [0.15, 0.2) is 9.84 Å². The third kappa shape index (κ3) is 5.48. The molecule has 0 aliphatic carbocycles. The molecule has 9 heteroatoms. The van der Waals surface area contributed by atoms with E-state index in [9.17, 15) is 26.4 Å². The van der Waals surface area contributed by atoms with Crippen LogP contribution in [0.3, 0.4) is 0 Å². The fourth-order valence-corrected chi connectivity index (χ4v) is 3.32. The zero-order valence-corrected chi connectivity index (χ0v) is 14.0. The van der Waals surface area contributed by atoms with Crippen LogP contribution in [0.25, 0.3) is 0 Å². The Bertz CT molecular complexity index is 696. The summed E-state index contributed by atoms with van der Waals surface area (Å²) in [5.74, 6) is -0.677. The number of sulfone groups is 1. The highest BCUT2D eigenvalue weighted by atomic mass is 32.2. The molecule has 1 N–H and O–H groups in total. The Morgan fingerprint density at radius 3 is 2.46 bits per heavy atom. The molecule has 5 nitrogen and oxygen atoms in total. The number of benzene rings is 1. The number of hydrogen-bond donors (Lipinski definition) is 1. The van der Waals surface area contributed by atoms with Crippen molar-refractivity contribution in [1.29, 1.82) is 0 Å². The average molecular weight is 364 g/mol. The Hall–Kier alpha value is -1.61. The third-order valence-corrected chi connectivity index (χ3v) is 5.00. The molecule has 1 saturated heterocycles. The lowest BCUT2D eigenvalue weighted by Gasteiger charge is -2.31. The van der Waals surface area contributed by atoms with E-state index in [2.05, 4.69) is 5.32 Å². The van der Waals surface area contributed by atoms with E-state index < -0.39 is 22.6 Å². The largest absolute Gasteiger partial charge is 0.401 e. The molecule has 1 aliphatic rings. The molecular weight excluding hydrogens is 345 g/mol. The van der Waals surface area contributed by atoms with Gasteiger partial charge in [-0.1, -0.05) is 6.07 Å². The van der Waals surface area contributed by atoms with E-state index in [1.807, 2.05) is 0 Å². The summed E-state index contributed by atoms with van der Waals surface area (Å²) in [4.78, 5) is 13.6. The average Bonchev–Trinajstić information content (AvgIpc) is 2.45. The number of nitrogens with one attached hydrogen (secondary N) is 1. The molecule has 2 rings (SSSR count). The number of carbonyl (C=O) groups is 1. The zero-order chi connectivity index (χ0) is 18.0. The highest BCUT2D eigenvalue weighted by Gasteiger charge is 2.33. The maximum atomic E-state index is 12.3. The number of nitrogens with zero attached hydrogens (tertiary/aromatic N) is 1. The van der Waals surface area contributed by atoms with Crippen molar-refractivity contribution in [2.24, 2.45) is 5.92 Å². The van der Waals surface area contributed by atoms with Crippen molar-refractivity contribution in [3.05, 3.63) is 24.3 Å². The molecule has 1 fully saturated rings. The van der Waals surface area contributed by atoms with Crippen LogP contribution in [0.5, 0.6) is 0 Å². The van der Waals surface area contributed by atoms with Crippen molar-refractivity contribution >= 4 is 21.4 Å². The number of amides is 1. The maximum Gasteiger partial charge on any atom is 0.401 e. The number of alkyl halides is 3. The van der Waals surface area contributed by atoms with Gasteiger partial charge >= 0.3 is 6.18 Å². The Kier molecular flexibility index (Phi) is 5.54. The van der Waals surface area contributed by atoms with E-state index in [0.29, 0.717) is 18.5 Å². The first-order valence-electron chi connectivity index (χ1n) is 7.45. The summed E-state index contributed by atoms with van der Waals surface area (Å²) in [6.07, 6.45) is -2.48. The Morgan fingerprint density at radius 1 is 1.29 bits per heavy atom. The number of likely N-dealkylation sites (tertiary alicyclic amines) is 1. The number of rotatable bonds is 4. The van der Waals surface area contributed by atoms with Crippen LogP contribution in [0, 0.1) is 5.92 Å². The van der Waals surface area contributed by atoms with Gasteiger partial charge in [-0.25, -0.2) is 8.42 Å². The fraction of sp³-hybridized carbons (Fsp3) is 0.533. The number of carbonyl (C=O) groups excluding carboxylic acids is 1. The van der Waals surface area contributed by atoms with Crippen molar-refractivity contribution < 1.29 is 26.4 Å². The SMILES string of the molecule is CS(=O)(=O)c1cccc(NC(=O)C2CCN(CC(F)(F)F)CC2)c1. The molecule has 1 amide bonds. The molecule has 1 aromatic carbocycles. The van der Waals surface area contributed by atoms with Crippen LogP contribution in [0.15, 0.2) is 29.2 Å². The predicted octanol–water partition coefficient (Wildman–Crippen LogP) is 2.30. The standard InChI is InChI=1S/C15H19F3N2O3S/c1-24(22,23)13-4-2-3-12(9-13)19-14(21)11-5-7-20(8-6-11)10-15(16,17)18/h2-4,9,11H,5-8,10H2,1H3,(H,19,21). The summed E-state index contributed by atoms with van der Waals surface area (Å²) in [6, 6.07) is 5.90. The summed E-state index contributed by atoms with van der Waals surface area (Å²) in [7, 11) is -3.38. The fourth-order valence-electron chi connectivity index (χ4n) is 2.66. The quantitative estimate of drug-likeness (QED) is 0.890. The minimum atomic E-state index is -4.23. The van der Waals surface area contributed by atoms with E-state index in [-0.39, 0.29) is 29.8 Å².